The van der Waals surface area contributed by atoms with Crippen molar-refractivity contribution in [1.29, 1.82) is 0 Å². The molecule has 0 saturated carbocycles. The molecule has 178 valence electrons. The van der Waals surface area contributed by atoms with E-state index in [1.54, 1.807) is 41.5 Å². The first-order chi connectivity index (χ1) is 15.6. The lowest BCUT2D eigenvalue weighted by atomic mass is 9.95. The molecular weight excluding hydrogens is 472 g/mol. The monoisotopic (exact) mass is 498 g/mol. The highest BCUT2D eigenvalue weighted by Crippen LogP contribution is 2.39. The molecule has 9 heteroatoms. The largest absolute Gasteiger partial charge is 0.421 e. The summed E-state index contributed by atoms with van der Waals surface area (Å²) in [5, 5.41) is 11.8. The average molecular weight is 499 g/mol. The van der Waals surface area contributed by atoms with Crippen LogP contribution in [0.15, 0.2) is 70.3 Å². The van der Waals surface area contributed by atoms with Crippen molar-refractivity contribution in [1.82, 2.24) is 4.31 Å². The van der Waals surface area contributed by atoms with Gasteiger partial charge in [0.15, 0.2) is 5.60 Å². The minimum absolute atomic E-state index is 0.143. The summed E-state index contributed by atoms with van der Waals surface area (Å²) in [5.74, 6) is -0.162. The lowest BCUT2D eigenvalue weighted by Gasteiger charge is -2.35. The zero-order valence-electron chi connectivity index (χ0n) is 18.3. The van der Waals surface area contributed by atoms with Crippen LogP contribution in [0.1, 0.15) is 18.1 Å². The number of thiophene rings is 1. The second kappa shape index (κ2) is 10.9. The number of nitrogens with zero attached hydrogens (tertiary/aromatic N) is 2. The second-order valence-electron chi connectivity index (χ2n) is 7.86. The molecule has 1 fully saturated rings. The molecular formula is C24H26F4N2OS2. The van der Waals surface area contributed by atoms with Crippen LogP contribution in [0.4, 0.5) is 23.2 Å². The fourth-order valence-electron chi connectivity index (χ4n) is 3.25. The number of hydrogen-bond donors (Lipinski definition) is 1. The van der Waals surface area contributed by atoms with Gasteiger partial charge in [0, 0.05) is 31.9 Å². The molecule has 2 heterocycles. The molecule has 3 aromatic rings. The molecule has 0 bridgehead atoms. The summed E-state index contributed by atoms with van der Waals surface area (Å²) in [6, 6.07) is 16.6. The number of benzene rings is 2. The summed E-state index contributed by atoms with van der Waals surface area (Å²) >= 11 is 3.46. The molecule has 0 amide bonds. The smallest absolute Gasteiger partial charge is 0.376 e. The molecule has 1 aliphatic rings. The van der Waals surface area contributed by atoms with Gasteiger partial charge in [0.2, 0.25) is 0 Å². The zero-order chi connectivity index (χ0) is 24.1. The highest BCUT2D eigenvalue weighted by molar-refractivity contribution is 7.98. The highest BCUT2D eigenvalue weighted by atomic mass is 32.2. The molecule has 1 unspecified atom stereocenters. The van der Waals surface area contributed by atoms with Crippen molar-refractivity contribution >= 4 is 29.0 Å². The van der Waals surface area contributed by atoms with Crippen molar-refractivity contribution in [3.05, 3.63) is 83.0 Å². The summed E-state index contributed by atoms with van der Waals surface area (Å²) in [5.41, 5.74) is -1.13. The van der Waals surface area contributed by atoms with E-state index in [-0.39, 0.29) is 11.4 Å². The van der Waals surface area contributed by atoms with Crippen LogP contribution in [-0.4, -0.2) is 41.8 Å². The van der Waals surface area contributed by atoms with E-state index in [0.29, 0.717) is 0 Å². The summed E-state index contributed by atoms with van der Waals surface area (Å²) in [6.07, 6.45) is -4.70. The molecule has 0 radical (unpaired) electrons. The van der Waals surface area contributed by atoms with Crippen LogP contribution >= 0.6 is 23.3 Å². The van der Waals surface area contributed by atoms with E-state index in [0.717, 1.165) is 44.4 Å². The quantitative estimate of drug-likeness (QED) is 0.329. The fraction of sp³-hybridized carbons (Fsp3) is 0.333. The SMILES string of the molecule is CC(O)(c1ccc(N2CCN(Sc3cccs3)CC2)cc1)C(F)(F)F.Cc1cccc(F)c1. The van der Waals surface area contributed by atoms with Crippen LogP contribution in [0.5, 0.6) is 0 Å². The Balaban J connectivity index is 0.000000323. The van der Waals surface area contributed by atoms with E-state index in [2.05, 4.69) is 20.7 Å². The van der Waals surface area contributed by atoms with Crippen molar-refractivity contribution < 1.29 is 22.7 Å². The average Bonchev–Trinajstić information content (AvgIpc) is 3.27. The number of aliphatic hydroxyl groups is 1. The maximum Gasteiger partial charge on any atom is 0.421 e. The van der Waals surface area contributed by atoms with E-state index < -0.39 is 11.8 Å². The number of alkyl halides is 3. The van der Waals surface area contributed by atoms with Crippen molar-refractivity contribution in [3.8, 4) is 0 Å². The second-order valence-corrected chi connectivity index (χ2v) is 10.2. The van der Waals surface area contributed by atoms with Crippen LogP contribution in [0, 0.1) is 12.7 Å². The Hall–Kier alpha value is -2.07. The van der Waals surface area contributed by atoms with Crippen LogP contribution in [0.2, 0.25) is 0 Å². The van der Waals surface area contributed by atoms with Gasteiger partial charge >= 0.3 is 6.18 Å². The van der Waals surface area contributed by atoms with Gasteiger partial charge in [-0.2, -0.15) is 13.2 Å². The van der Waals surface area contributed by atoms with Gasteiger partial charge in [-0.05, 0) is 72.6 Å². The third kappa shape index (κ3) is 6.96. The number of hydrogen-bond acceptors (Lipinski definition) is 5. The minimum Gasteiger partial charge on any atom is -0.376 e. The van der Waals surface area contributed by atoms with Crippen LogP contribution in [0.3, 0.4) is 0 Å². The summed E-state index contributed by atoms with van der Waals surface area (Å²) in [4.78, 5) is 2.15. The predicted octanol–water partition coefficient (Wildman–Crippen LogP) is 6.48. The predicted molar refractivity (Wildman–Crippen MR) is 127 cm³/mol. The Labute approximate surface area is 199 Å². The van der Waals surface area contributed by atoms with Crippen molar-refractivity contribution in [2.24, 2.45) is 0 Å². The first kappa shape index (κ1) is 25.6. The standard InChI is InChI=1S/C17H19F3N2OS2.C7H7F/c1-16(23,17(18,19)20)13-4-6-14(7-5-13)21-8-10-22(11-9-21)25-15-3-2-12-24-15;1-6-3-2-4-7(8)5-6/h2-7,12,23H,8-11H2,1H3;2-5H,1H3. The number of rotatable bonds is 4. The first-order valence-electron chi connectivity index (χ1n) is 10.4. The number of halogens is 4. The van der Waals surface area contributed by atoms with Crippen LogP contribution < -0.4 is 4.90 Å². The van der Waals surface area contributed by atoms with E-state index in [1.165, 1.54) is 28.5 Å². The van der Waals surface area contributed by atoms with Crippen LogP contribution in [-0.2, 0) is 5.60 Å². The van der Waals surface area contributed by atoms with Crippen molar-refractivity contribution in [3.63, 3.8) is 0 Å². The lowest BCUT2D eigenvalue weighted by molar-refractivity contribution is -0.258. The van der Waals surface area contributed by atoms with Gasteiger partial charge < -0.3 is 10.0 Å². The molecule has 3 nitrogen and oxygen atoms in total. The molecule has 4 rings (SSSR count). The third-order valence-electron chi connectivity index (χ3n) is 5.28. The Morgan fingerprint density at radius 3 is 2.09 bits per heavy atom. The van der Waals surface area contributed by atoms with Gasteiger partial charge in [-0.25, -0.2) is 8.70 Å². The number of anilines is 1. The van der Waals surface area contributed by atoms with Crippen LogP contribution in [0.25, 0.3) is 0 Å². The fourth-order valence-corrected chi connectivity index (χ4v) is 5.09. The Bertz CT molecular complexity index is 983. The van der Waals surface area contributed by atoms with E-state index >= 15 is 0 Å². The Morgan fingerprint density at radius 1 is 0.939 bits per heavy atom. The van der Waals surface area contributed by atoms with Gasteiger partial charge in [-0.3, -0.25) is 0 Å². The van der Waals surface area contributed by atoms with Crippen molar-refractivity contribution in [2.75, 3.05) is 31.1 Å². The Kier molecular flexibility index (Phi) is 8.44. The lowest BCUT2D eigenvalue weighted by Crippen LogP contribution is -2.43. The number of aryl methyl sites for hydroxylation is 1. The zero-order valence-corrected chi connectivity index (χ0v) is 20.0. The van der Waals surface area contributed by atoms with E-state index in [4.69, 9.17) is 0 Å². The highest BCUT2D eigenvalue weighted by Gasteiger charge is 2.51. The third-order valence-corrected chi connectivity index (χ3v) is 7.39. The first-order valence-corrected chi connectivity index (χ1v) is 12.0. The molecule has 1 aliphatic heterocycles. The molecule has 0 spiro atoms. The molecule has 1 N–H and O–H groups in total. The molecule has 33 heavy (non-hydrogen) atoms. The van der Waals surface area contributed by atoms with E-state index in [9.17, 15) is 22.7 Å². The molecule has 1 saturated heterocycles. The van der Waals surface area contributed by atoms with Gasteiger partial charge in [-0.1, -0.05) is 30.3 Å². The van der Waals surface area contributed by atoms with E-state index in [1.807, 2.05) is 19.1 Å². The summed E-state index contributed by atoms with van der Waals surface area (Å²) in [7, 11) is 0. The van der Waals surface area contributed by atoms with Gasteiger partial charge in [-0.15, -0.1) is 11.3 Å². The van der Waals surface area contributed by atoms with Crippen molar-refractivity contribution in [2.45, 2.75) is 29.8 Å². The van der Waals surface area contributed by atoms with Gasteiger partial charge in [0.05, 0.1) is 4.21 Å². The molecule has 2 aromatic carbocycles. The summed E-state index contributed by atoms with van der Waals surface area (Å²) < 4.78 is 54.4. The maximum atomic E-state index is 12.9. The van der Waals surface area contributed by atoms with Gasteiger partial charge in [0.25, 0.3) is 0 Å². The van der Waals surface area contributed by atoms with Gasteiger partial charge in [0.1, 0.15) is 5.82 Å². The summed E-state index contributed by atoms with van der Waals surface area (Å²) in [6.45, 7) is 6.03. The molecule has 0 aliphatic carbocycles. The normalized spacial score (nSPS) is 16.6. The topological polar surface area (TPSA) is 26.7 Å². The molecule has 1 aromatic heterocycles. The molecule has 1 atom stereocenters. The Morgan fingerprint density at radius 2 is 1.61 bits per heavy atom. The number of piperazine rings is 1. The maximum absolute atomic E-state index is 12.9. The minimum atomic E-state index is -4.70.